The van der Waals surface area contributed by atoms with Gasteiger partial charge in [-0.05, 0) is 5.28 Å². The van der Waals surface area contributed by atoms with Crippen LogP contribution in [0.25, 0.3) is 44.5 Å². The Bertz CT molecular complexity index is 3730. The van der Waals surface area contributed by atoms with Crippen molar-refractivity contribution < 1.29 is 166 Å². The number of hydrogen-bond acceptors (Lipinski definition) is 2. The molecule has 91 heavy (non-hydrogen) atoms. The molecule has 0 amide bonds. The molecule has 0 unspecified atom stereocenters. The van der Waals surface area contributed by atoms with Gasteiger partial charge in [0.25, 0.3) is 0 Å². The van der Waals surface area contributed by atoms with Gasteiger partial charge in [0, 0.05) is 0 Å². The molecule has 0 N–H and O–H groups in total. The first-order chi connectivity index (χ1) is 42.2. The Morgan fingerprint density at radius 1 is 0.176 bits per heavy atom. The van der Waals surface area contributed by atoms with Gasteiger partial charge in [0.05, 0.1) is 79.0 Å². The zero-order valence-electron chi connectivity index (χ0n) is 41.9. The minimum Gasteiger partial charge on any atom is -0.469 e. The van der Waals surface area contributed by atoms with E-state index in [0.29, 0.717) is 0 Å². The van der Waals surface area contributed by atoms with Crippen molar-refractivity contribution in [3.05, 3.63) is 232 Å². The fraction of sp³-hybridized carbons (Fsp3) is 0.0769. The lowest BCUT2D eigenvalue weighted by atomic mass is 9.92. The summed E-state index contributed by atoms with van der Waals surface area (Å²) in [6, 6.07) is 0. The first-order valence-electron chi connectivity index (χ1n) is 23.0. The molecule has 0 aliphatic carbocycles. The van der Waals surface area contributed by atoms with Gasteiger partial charge < -0.3 is 7.58 Å². The Morgan fingerprint density at radius 2 is 0.275 bits per heavy atom. The van der Waals surface area contributed by atoms with E-state index in [-0.39, 0.29) is 6.92 Å². The summed E-state index contributed by atoms with van der Waals surface area (Å²) < 4.78 is 562. The van der Waals surface area contributed by atoms with E-state index in [2.05, 4.69) is 0 Å². The fourth-order valence-corrected chi connectivity index (χ4v) is 10.4. The topological polar surface area (TPSA) is 18.5 Å². The summed E-state index contributed by atoms with van der Waals surface area (Å²) in [5.41, 5.74) is -38.0. The van der Waals surface area contributed by atoms with Crippen LogP contribution in [0, 0.1) is 209 Å². The number of halogens is 36. The van der Waals surface area contributed by atoms with Crippen LogP contribution in [-0.2, 0) is 7.58 Å². The van der Waals surface area contributed by atoms with Crippen LogP contribution in [0.2, 0.25) is 5.28 Å². The highest BCUT2D eigenvalue weighted by atomic mass is 27.2. The Kier molecular flexibility index (Phi) is 18.4. The highest BCUT2D eigenvalue weighted by Gasteiger charge is 2.48. The van der Waals surface area contributed by atoms with Crippen molar-refractivity contribution in [2.45, 2.75) is 24.4 Å². The Labute approximate surface area is 480 Å². The minimum atomic E-state index is -6.08. The van der Waals surface area contributed by atoms with E-state index in [9.17, 15) is 87.8 Å². The van der Waals surface area contributed by atoms with E-state index < -0.39 is 308 Å². The summed E-state index contributed by atoms with van der Waals surface area (Å²) in [6.45, 7) is 0.256. The zero-order chi connectivity index (χ0) is 68.6. The van der Waals surface area contributed by atoms with Crippen molar-refractivity contribution >= 4 is 14.8 Å². The van der Waals surface area contributed by atoms with Gasteiger partial charge in [-0.15, -0.1) is 0 Å². The van der Waals surface area contributed by atoms with Crippen molar-refractivity contribution in [3.63, 3.8) is 0 Å². The van der Waals surface area contributed by atoms with Crippen LogP contribution in [0.3, 0.4) is 0 Å². The van der Waals surface area contributed by atoms with Crippen LogP contribution >= 0.6 is 0 Å². The largest absolute Gasteiger partial charge is 0.675 e. The maximum Gasteiger partial charge on any atom is 0.675 e. The van der Waals surface area contributed by atoms with Gasteiger partial charge in [-0.3, -0.25) is 0 Å². The normalized spacial score (nSPS) is 11.9. The third-order valence-electron chi connectivity index (χ3n) is 13.0. The van der Waals surface area contributed by atoms with Crippen LogP contribution in [0.1, 0.15) is 41.4 Å². The lowest BCUT2D eigenvalue weighted by Gasteiger charge is -2.30. The van der Waals surface area contributed by atoms with E-state index in [1.165, 1.54) is 0 Å². The molecule has 2 nitrogen and oxygen atoms in total. The lowest BCUT2D eigenvalue weighted by Crippen LogP contribution is -2.32. The molecule has 0 aliphatic heterocycles. The van der Waals surface area contributed by atoms with Crippen molar-refractivity contribution in [2.24, 2.45) is 0 Å². The molecule has 0 aromatic heterocycles. The molecule has 0 atom stereocenters. The second-order valence-corrected chi connectivity index (χ2v) is 20.0. The minimum absolute atomic E-state index is 0.256. The smallest absolute Gasteiger partial charge is 0.469 e. The Balaban J connectivity index is 1.49. The molecule has 0 radical (unpaired) electrons. The molecule has 0 bridgehead atoms. The van der Waals surface area contributed by atoms with E-state index in [1.807, 2.05) is 0 Å². The van der Waals surface area contributed by atoms with Crippen molar-refractivity contribution in [2.75, 3.05) is 0 Å². The van der Waals surface area contributed by atoms with Crippen LogP contribution < -0.4 is 0 Å². The van der Waals surface area contributed by atoms with Gasteiger partial charge in [0.2, 0.25) is 23.3 Å². The quantitative estimate of drug-likeness (QED) is 0.0496. The molecule has 8 aromatic rings. The zero-order valence-corrected chi connectivity index (χ0v) is 43.0. The average molecular weight is 1370 g/mol. The molecule has 0 fully saturated rings. The first kappa shape index (κ1) is 68.6. The van der Waals surface area contributed by atoms with Crippen LogP contribution in [0.4, 0.5) is 158 Å². The molecule has 8 aromatic carbocycles. The Morgan fingerprint density at radius 3 is 0.385 bits per heavy atom. The molecule has 39 heteroatoms. The van der Waals surface area contributed by atoms with Gasteiger partial charge in [-0.25, -0.2) is 158 Å². The van der Waals surface area contributed by atoms with Crippen molar-refractivity contribution in [1.82, 2.24) is 0 Å². The van der Waals surface area contributed by atoms with Crippen molar-refractivity contribution in [3.8, 4) is 44.5 Å². The third-order valence-corrected chi connectivity index (χ3v) is 14.8. The molecule has 0 heterocycles. The maximum atomic E-state index is 16.6. The molecule has 0 aliphatic rings. The second kappa shape index (κ2) is 24.4. The van der Waals surface area contributed by atoms with Gasteiger partial charge in [-0.2, -0.15) is 0 Å². The van der Waals surface area contributed by atoms with Crippen LogP contribution in [0.15, 0.2) is 0 Å². The second-order valence-electron chi connectivity index (χ2n) is 17.8. The van der Waals surface area contributed by atoms with Gasteiger partial charge in [0.15, 0.2) is 186 Å². The predicted octanol–water partition coefficient (Wildman–Crippen LogP) is 18.8. The van der Waals surface area contributed by atoms with E-state index in [4.69, 9.17) is 7.58 Å². The average Bonchev–Trinajstić information content (AvgIpc) is 0.744. The maximum absolute atomic E-state index is 16.6. The van der Waals surface area contributed by atoms with E-state index in [0.717, 1.165) is 0 Å². The van der Waals surface area contributed by atoms with Gasteiger partial charge in [-0.1, -0.05) is 6.92 Å². The van der Waals surface area contributed by atoms with Crippen molar-refractivity contribution in [1.29, 1.82) is 0 Å². The summed E-state index contributed by atoms with van der Waals surface area (Å²) in [6.07, 6.45) is -9.39. The number of rotatable bonds is 13. The molecular formula is C52H7AlF36O2. The van der Waals surface area contributed by atoms with E-state index in [1.54, 1.807) is 0 Å². The van der Waals surface area contributed by atoms with Gasteiger partial charge in [0.1, 0.15) is 0 Å². The fourth-order valence-electron chi connectivity index (χ4n) is 8.78. The summed E-state index contributed by atoms with van der Waals surface area (Å²) >= 11 is -6.08. The third kappa shape index (κ3) is 10.2. The van der Waals surface area contributed by atoms with Crippen LogP contribution in [-0.4, -0.2) is 14.8 Å². The van der Waals surface area contributed by atoms with Gasteiger partial charge >= 0.3 is 14.8 Å². The molecule has 482 valence electrons. The monoisotopic (exact) mass is 1370 g/mol. The van der Waals surface area contributed by atoms with E-state index >= 15 is 70.2 Å². The highest BCUT2D eigenvalue weighted by Crippen LogP contribution is 2.49. The predicted molar refractivity (Wildman–Crippen MR) is 228 cm³/mol. The summed E-state index contributed by atoms with van der Waals surface area (Å²) in [5.74, 6) is -125. The summed E-state index contributed by atoms with van der Waals surface area (Å²) in [5, 5.41) is -1.83. The molecule has 0 saturated heterocycles. The standard InChI is InChI=1S/2C25HF18O.C2H5.Al/c2*26-7-1(3-11(30)19(38)23(42)20(39)12(3)31)8(27)16(35)5(15(7)34)25(44)6-17(36)9(28)2(10(29)18(6)37)4-13(32)21(40)24(43)22(41)14(4)33;1-2;/h2*25H;1H2,2H3;/q2*-1;;+2. The lowest BCUT2D eigenvalue weighted by molar-refractivity contribution is 0.115. The molecule has 8 rings (SSSR count). The first-order valence-corrected chi connectivity index (χ1v) is 24.8. The molecule has 0 spiro atoms. The number of benzene rings is 8. The van der Waals surface area contributed by atoms with Crippen LogP contribution in [0.5, 0.6) is 0 Å². The number of hydrogen-bond donors (Lipinski definition) is 0. The summed E-state index contributed by atoms with van der Waals surface area (Å²) in [4.78, 5) is 0. The summed E-state index contributed by atoms with van der Waals surface area (Å²) in [7, 11) is 0. The molecule has 0 saturated carbocycles. The Hall–Kier alpha value is -8.31. The molecular weight excluding hydrogens is 1370 g/mol. The highest BCUT2D eigenvalue weighted by molar-refractivity contribution is 6.44. The SMILES string of the molecule is C[CH2][Al]([O]C(c1c(F)c(F)c(-c2c(F)c(F)c(F)c(F)c2F)c(F)c1F)c1c(F)c(F)c(-c2c(F)c(F)c(F)c(F)c2F)c(F)c1F)[O]C(c1c(F)c(F)c(-c2c(F)c(F)c(F)c(F)c2F)c(F)c1F)c1c(F)c(F)c(-c2c(F)c(F)c(F)c(F)c2F)c(F)c1F.